The van der Waals surface area contributed by atoms with Crippen LogP contribution in [0.1, 0.15) is 49.4 Å². The average molecular weight is 421 g/mol. The fourth-order valence-corrected chi connectivity index (χ4v) is 4.57. The monoisotopic (exact) mass is 421 g/mol. The Labute approximate surface area is 171 Å². The van der Waals surface area contributed by atoms with E-state index in [9.17, 15) is 24.0 Å². The maximum atomic E-state index is 12.4. The van der Waals surface area contributed by atoms with E-state index in [1.165, 1.54) is 13.0 Å². The number of ether oxygens (including phenoxy) is 1. The Hall–Kier alpha value is -2.75. The number of nitrogens with two attached hydrogens (primary N) is 1. The fourth-order valence-electron chi connectivity index (χ4n) is 3.78. The van der Waals surface area contributed by atoms with E-state index in [4.69, 9.17) is 10.5 Å². The lowest BCUT2D eigenvalue weighted by Gasteiger charge is -2.19. The summed E-state index contributed by atoms with van der Waals surface area (Å²) in [7, 11) is 0. The number of likely N-dealkylation sites (tertiary alicyclic amines) is 1. The molecular formula is C19H23N3O6S. The number of anilines is 1. The summed E-state index contributed by atoms with van der Waals surface area (Å²) in [5.74, 6) is -2.92. The number of primary amides is 1. The van der Waals surface area contributed by atoms with E-state index >= 15 is 0 Å². The fraction of sp³-hybridized carbons (Fsp3) is 0.526. The second-order valence-electron chi connectivity index (χ2n) is 7.22. The van der Waals surface area contributed by atoms with Gasteiger partial charge in [-0.05, 0) is 31.2 Å². The minimum absolute atomic E-state index is 0.0470. The summed E-state index contributed by atoms with van der Waals surface area (Å²) < 4.78 is 5.10. The molecule has 3 atom stereocenters. The molecule has 3 rings (SSSR count). The number of esters is 1. The number of amides is 4. The van der Waals surface area contributed by atoms with Crippen molar-refractivity contribution in [1.82, 2.24) is 4.90 Å². The van der Waals surface area contributed by atoms with Gasteiger partial charge in [0.15, 0.2) is 6.10 Å². The van der Waals surface area contributed by atoms with Gasteiger partial charge in [-0.25, -0.2) is 0 Å². The number of thiophene rings is 1. The number of nitrogens with one attached hydrogen (secondary N) is 1. The molecule has 0 unspecified atom stereocenters. The van der Waals surface area contributed by atoms with Gasteiger partial charge in [-0.2, -0.15) is 0 Å². The number of nitrogens with zero attached hydrogens (tertiary/aromatic N) is 1. The highest BCUT2D eigenvalue weighted by atomic mass is 32.1. The quantitative estimate of drug-likeness (QED) is 0.503. The average Bonchev–Trinajstić information content (AvgIpc) is 3.24. The summed E-state index contributed by atoms with van der Waals surface area (Å²) in [6.07, 6.45) is 2.00. The molecule has 29 heavy (non-hydrogen) atoms. The first-order valence-electron chi connectivity index (χ1n) is 9.52. The van der Waals surface area contributed by atoms with E-state index in [0.29, 0.717) is 12.8 Å². The van der Waals surface area contributed by atoms with Gasteiger partial charge in [0, 0.05) is 6.54 Å². The molecule has 0 spiro atoms. The van der Waals surface area contributed by atoms with Gasteiger partial charge >= 0.3 is 5.97 Å². The molecule has 156 valence electrons. The Morgan fingerprint density at radius 1 is 1.24 bits per heavy atom. The number of carbonyl (C=O) groups excluding carboxylic acids is 5. The Balaban J connectivity index is 1.49. The van der Waals surface area contributed by atoms with Crippen LogP contribution in [-0.2, 0) is 23.9 Å². The molecule has 2 aliphatic rings. The molecule has 9 nitrogen and oxygen atoms in total. The molecule has 1 saturated carbocycles. The molecule has 1 aromatic rings. The first-order chi connectivity index (χ1) is 13.8. The van der Waals surface area contributed by atoms with Crippen LogP contribution in [0, 0.1) is 11.8 Å². The molecule has 1 aliphatic heterocycles. The molecule has 1 aliphatic carbocycles. The van der Waals surface area contributed by atoms with Crippen LogP contribution in [0.3, 0.4) is 0 Å². The minimum Gasteiger partial charge on any atom is -0.452 e. The molecule has 0 radical (unpaired) electrons. The molecule has 4 amide bonds. The van der Waals surface area contributed by atoms with Crippen LogP contribution in [0.25, 0.3) is 0 Å². The molecule has 1 aromatic heterocycles. The van der Waals surface area contributed by atoms with Crippen molar-refractivity contribution < 1.29 is 28.7 Å². The zero-order valence-corrected chi connectivity index (χ0v) is 16.8. The minimum atomic E-state index is -1.11. The molecule has 10 heteroatoms. The molecule has 2 heterocycles. The van der Waals surface area contributed by atoms with Crippen molar-refractivity contribution in [1.29, 1.82) is 0 Å². The standard InChI is InChI=1S/C19H23N3O6S/c1-10(16(25)21-17-13(15(20)24)7-9-29-17)28-14(23)6-8-22-18(26)11-4-2-3-5-12(11)19(22)27/h7,9-12H,2-6,8H2,1H3,(H2,20,24)(H,21,25)/t10-,11-,12+/m0/s1. The van der Waals surface area contributed by atoms with Gasteiger partial charge in [-0.15, -0.1) is 11.3 Å². The largest absolute Gasteiger partial charge is 0.452 e. The highest BCUT2D eigenvalue weighted by Gasteiger charge is 2.47. The molecular weight excluding hydrogens is 398 g/mol. The Morgan fingerprint density at radius 2 is 1.86 bits per heavy atom. The van der Waals surface area contributed by atoms with Gasteiger partial charge in [-0.3, -0.25) is 28.9 Å². The van der Waals surface area contributed by atoms with E-state index in [1.54, 1.807) is 5.38 Å². The van der Waals surface area contributed by atoms with Gasteiger partial charge < -0.3 is 15.8 Å². The number of rotatable bonds is 7. The van der Waals surface area contributed by atoms with Crippen LogP contribution >= 0.6 is 11.3 Å². The van der Waals surface area contributed by atoms with Crippen LogP contribution < -0.4 is 11.1 Å². The highest BCUT2D eigenvalue weighted by molar-refractivity contribution is 7.14. The molecule has 1 saturated heterocycles. The summed E-state index contributed by atoms with van der Waals surface area (Å²) in [6, 6.07) is 1.49. The lowest BCUT2D eigenvalue weighted by Crippen LogP contribution is -2.35. The third-order valence-electron chi connectivity index (χ3n) is 5.32. The molecule has 0 aromatic carbocycles. The van der Waals surface area contributed by atoms with Gasteiger partial charge in [0.05, 0.1) is 23.8 Å². The van der Waals surface area contributed by atoms with Crippen molar-refractivity contribution in [2.45, 2.75) is 45.1 Å². The second kappa shape index (κ2) is 8.73. The zero-order valence-electron chi connectivity index (χ0n) is 16.0. The van der Waals surface area contributed by atoms with Crippen molar-refractivity contribution in [2.24, 2.45) is 17.6 Å². The predicted octanol–water partition coefficient (Wildman–Crippen LogP) is 1.28. The van der Waals surface area contributed by atoms with Crippen molar-refractivity contribution in [3.63, 3.8) is 0 Å². The Kier molecular flexibility index (Phi) is 6.31. The first kappa shape index (κ1) is 21.0. The number of carbonyl (C=O) groups is 5. The third-order valence-corrected chi connectivity index (χ3v) is 6.15. The Morgan fingerprint density at radius 3 is 2.45 bits per heavy atom. The molecule has 2 fully saturated rings. The summed E-state index contributed by atoms with van der Waals surface area (Å²) in [5, 5.41) is 4.39. The van der Waals surface area contributed by atoms with Gasteiger partial charge in [0.1, 0.15) is 5.00 Å². The second-order valence-corrected chi connectivity index (χ2v) is 8.14. The number of fused-ring (bicyclic) bond motifs is 1. The van der Waals surface area contributed by atoms with Crippen molar-refractivity contribution >= 4 is 45.9 Å². The van der Waals surface area contributed by atoms with Gasteiger partial charge in [-0.1, -0.05) is 12.8 Å². The molecule has 0 bridgehead atoms. The summed E-state index contributed by atoms with van der Waals surface area (Å²) in [4.78, 5) is 61.6. The van der Waals surface area contributed by atoms with Crippen LogP contribution in [0.4, 0.5) is 5.00 Å². The third kappa shape index (κ3) is 4.47. The Bertz CT molecular complexity index is 827. The normalized spacial score (nSPS) is 22.2. The lowest BCUT2D eigenvalue weighted by molar-refractivity contribution is -0.154. The van der Waals surface area contributed by atoms with E-state index in [1.807, 2.05) is 0 Å². The van der Waals surface area contributed by atoms with E-state index in [0.717, 1.165) is 29.1 Å². The maximum absolute atomic E-state index is 12.4. The van der Waals surface area contributed by atoms with Crippen LogP contribution in [0.15, 0.2) is 11.4 Å². The lowest BCUT2D eigenvalue weighted by atomic mass is 9.81. The summed E-state index contributed by atoms with van der Waals surface area (Å²) in [5.41, 5.74) is 5.40. The van der Waals surface area contributed by atoms with E-state index in [2.05, 4.69) is 5.32 Å². The van der Waals surface area contributed by atoms with Crippen molar-refractivity contribution in [2.75, 3.05) is 11.9 Å². The van der Waals surface area contributed by atoms with Gasteiger partial charge in [0.2, 0.25) is 11.8 Å². The summed E-state index contributed by atoms with van der Waals surface area (Å²) >= 11 is 1.12. The van der Waals surface area contributed by atoms with E-state index in [-0.39, 0.29) is 47.2 Å². The number of imide groups is 1. The van der Waals surface area contributed by atoms with Crippen LogP contribution in [0.5, 0.6) is 0 Å². The number of hydrogen-bond acceptors (Lipinski definition) is 7. The summed E-state index contributed by atoms with van der Waals surface area (Å²) in [6.45, 7) is 1.35. The van der Waals surface area contributed by atoms with Crippen molar-refractivity contribution in [3.05, 3.63) is 17.0 Å². The van der Waals surface area contributed by atoms with Crippen LogP contribution in [-0.4, -0.2) is 47.1 Å². The maximum Gasteiger partial charge on any atom is 0.308 e. The van der Waals surface area contributed by atoms with Crippen LogP contribution in [0.2, 0.25) is 0 Å². The smallest absolute Gasteiger partial charge is 0.308 e. The highest BCUT2D eigenvalue weighted by Crippen LogP contribution is 2.38. The zero-order chi connectivity index (χ0) is 21.1. The van der Waals surface area contributed by atoms with E-state index < -0.39 is 23.9 Å². The SMILES string of the molecule is C[C@H](OC(=O)CCN1C(=O)[C@H]2CCCC[C@H]2C1=O)C(=O)Nc1sccc1C(N)=O. The first-order valence-corrected chi connectivity index (χ1v) is 10.4. The van der Waals surface area contributed by atoms with Gasteiger partial charge in [0.25, 0.3) is 11.8 Å². The predicted molar refractivity (Wildman–Crippen MR) is 104 cm³/mol. The topological polar surface area (TPSA) is 136 Å². The number of hydrogen-bond donors (Lipinski definition) is 2. The molecule has 3 N–H and O–H groups in total. The van der Waals surface area contributed by atoms with Crippen molar-refractivity contribution in [3.8, 4) is 0 Å².